The summed E-state index contributed by atoms with van der Waals surface area (Å²) in [6, 6.07) is 7.65. The van der Waals surface area contributed by atoms with E-state index in [0.717, 1.165) is 12.0 Å². The summed E-state index contributed by atoms with van der Waals surface area (Å²) in [5.41, 5.74) is 4.44. The van der Waals surface area contributed by atoms with Crippen molar-refractivity contribution in [3.05, 3.63) is 53.1 Å². The van der Waals surface area contributed by atoms with Gasteiger partial charge >= 0.3 is 0 Å². The van der Waals surface area contributed by atoms with E-state index in [-0.39, 0.29) is 35.5 Å². The molecule has 1 aliphatic heterocycles. The zero-order chi connectivity index (χ0) is 16.3. The van der Waals surface area contributed by atoms with Crippen LogP contribution in [0.3, 0.4) is 0 Å². The first-order valence-corrected chi connectivity index (χ1v) is 8.37. The number of fused-ring (bicyclic) bond motifs is 5. The maximum absolute atomic E-state index is 13.0. The predicted molar refractivity (Wildman–Crippen MR) is 89.8 cm³/mol. The quantitative estimate of drug-likeness (QED) is 0.618. The Morgan fingerprint density at radius 1 is 1.09 bits per heavy atom. The molecule has 1 aromatic rings. The number of allylic oxidation sites excluding steroid dienone is 4. The summed E-state index contributed by atoms with van der Waals surface area (Å²) < 4.78 is 0. The Labute approximate surface area is 136 Å². The number of amides is 2. The van der Waals surface area contributed by atoms with Gasteiger partial charge in [0.25, 0.3) is 0 Å². The summed E-state index contributed by atoms with van der Waals surface area (Å²) in [4.78, 5) is 27.4. The molecular formula is C20H21NO2. The molecule has 0 N–H and O–H groups in total. The van der Waals surface area contributed by atoms with Gasteiger partial charge in [-0.05, 0) is 38.0 Å². The predicted octanol–water partition coefficient (Wildman–Crippen LogP) is 3.64. The maximum Gasteiger partial charge on any atom is 0.238 e. The van der Waals surface area contributed by atoms with Crippen LogP contribution in [-0.4, -0.2) is 11.8 Å². The van der Waals surface area contributed by atoms with Crippen molar-refractivity contribution in [1.29, 1.82) is 0 Å². The second kappa shape index (κ2) is 4.92. The van der Waals surface area contributed by atoms with Crippen LogP contribution >= 0.6 is 0 Å². The molecule has 1 saturated heterocycles. The molecule has 0 radical (unpaired) electrons. The van der Waals surface area contributed by atoms with Crippen LogP contribution in [0.25, 0.3) is 0 Å². The van der Waals surface area contributed by atoms with Gasteiger partial charge in [0.15, 0.2) is 0 Å². The van der Waals surface area contributed by atoms with Crippen molar-refractivity contribution in [2.75, 3.05) is 4.90 Å². The van der Waals surface area contributed by atoms with Gasteiger partial charge in [-0.15, -0.1) is 0 Å². The summed E-state index contributed by atoms with van der Waals surface area (Å²) in [5, 5.41) is 0. The molecular weight excluding hydrogens is 286 g/mol. The Hall–Kier alpha value is -2.16. The van der Waals surface area contributed by atoms with Crippen LogP contribution in [0.1, 0.15) is 25.8 Å². The van der Waals surface area contributed by atoms with Crippen molar-refractivity contribution in [2.45, 2.75) is 27.2 Å². The van der Waals surface area contributed by atoms with Crippen LogP contribution in [0.5, 0.6) is 0 Å². The summed E-state index contributed by atoms with van der Waals surface area (Å²) in [7, 11) is 0. The van der Waals surface area contributed by atoms with E-state index in [1.165, 1.54) is 16.0 Å². The van der Waals surface area contributed by atoms with Gasteiger partial charge in [0, 0.05) is 11.8 Å². The SMILES string of the molecule is CCC(C)=C1C2C=CC1C1C(=O)N(c3cccc(C)c3)C(=O)C21. The highest BCUT2D eigenvalue weighted by molar-refractivity contribution is 6.23. The molecule has 3 nitrogen and oxygen atoms in total. The van der Waals surface area contributed by atoms with Crippen LogP contribution in [0.2, 0.25) is 0 Å². The van der Waals surface area contributed by atoms with E-state index in [0.29, 0.717) is 5.69 Å². The molecule has 3 aliphatic rings. The average Bonchev–Trinajstić information content (AvgIpc) is 3.17. The molecule has 4 rings (SSSR count). The fourth-order valence-electron chi connectivity index (χ4n) is 4.56. The van der Waals surface area contributed by atoms with E-state index >= 15 is 0 Å². The van der Waals surface area contributed by atoms with Crippen molar-refractivity contribution >= 4 is 17.5 Å². The molecule has 2 fully saturated rings. The fourth-order valence-corrected chi connectivity index (χ4v) is 4.56. The highest BCUT2D eigenvalue weighted by Crippen LogP contribution is 2.57. The van der Waals surface area contributed by atoms with E-state index in [1.807, 2.05) is 31.2 Å². The van der Waals surface area contributed by atoms with Crippen molar-refractivity contribution in [3.63, 3.8) is 0 Å². The van der Waals surface area contributed by atoms with Gasteiger partial charge < -0.3 is 0 Å². The normalized spacial score (nSPS) is 31.3. The minimum absolute atomic E-state index is 0.0242. The molecule has 2 bridgehead atoms. The molecule has 4 atom stereocenters. The third kappa shape index (κ3) is 1.82. The molecule has 1 heterocycles. The Bertz CT molecular complexity index is 740. The molecule has 0 aromatic heterocycles. The van der Waals surface area contributed by atoms with Crippen molar-refractivity contribution < 1.29 is 9.59 Å². The van der Waals surface area contributed by atoms with E-state index in [9.17, 15) is 9.59 Å². The number of rotatable bonds is 2. The highest BCUT2D eigenvalue weighted by atomic mass is 16.2. The fraction of sp³-hybridized carbons (Fsp3) is 0.400. The van der Waals surface area contributed by atoms with Gasteiger partial charge in [-0.25, -0.2) is 4.90 Å². The lowest BCUT2D eigenvalue weighted by Crippen LogP contribution is -2.33. The monoisotopic (exact) mass is 307 g/mol. The van der Waals surface area contributed by atoms with Crippen LogP contribution in [0.15, 0.2) is 47.6 Å². The minimum atomic E-state index is -0.200. The Morgan fingerprint density at radius 3 is 2.22 bits per heavy atom. The van der Waals surface area contributed by atoms with Gasteiger partial charge in [0.1, 0.15) is 0 Å². The van der Waals surface area contributed by atoms with E-state index in [2.05, 4.69) is 26.0 Å². The zero-order valence-corrected chi connectivity index (χ0v) is 13.7. The number of benzene rings is 1. The van der Waals surface area contributed by atoms with E-state index in [4.69, 9.17) is 0 Å². The Balaban J connectivity index is 1.76. The second-order valence-corrected chi connectivity index (χ2v) is 6.93. The maximum atomic E-state index is 13.0. The Morgan fingerprint density at radius 2 is 1.70 bits per heavy atom. The molecule has 0 spiro atoms. The number of aryl methyl sites for hydroxylation is 1. The van der Waals surface area contributed by atoms with Crippen LogP contribution in [0, 0.1) is 30.6 Å². The smallest absolute Gasteiger partial charge is 0.238 e. The zero-order valence-electron chi connectivity index (χ0n) is 13.7. The third-order valence-corrected chi connectivity index (χ3v) is 5.70. The molecule has 3 heteroatoms. The number of carbonyl (C=O) groups excluding carboxylic acids is 2. The number of imide groups is 1. The molecule has 2 aliphatic carbocycles. The third-order valence-electron chi connectivity index (χ3n) is 5.70. The van der Waals surface area contributed by atoms with E-state index in [1.54, 1.807) is 0 Å². The largest absolute Gasteiger partial charge is 0.274 e. The topological polar surface area (TPSA) is 37.4 Å². The molecule has 118 valence electrons. The number of carbonyl (C=O) groups is 2. The first-order chi connectivity index (χ1) is 11.0. The van der Waals surface area contributed by atoms with Crippen molar-refractivity contribution in [3.8, 4) is 0 Å². The second-order valence-electron chi connectivity index (χ2n) is 6.93. The minimum Gasteiger partial charge on any atom is -0.274 e. The summed E-state index contributed by atoms with van der Waals surface area (Å²) in [6.45, 7) is 6.25. The van der Waals surface area contributed by atoms with Gasteiger partial charge in [0.2, 0.25) is 11.8 Å². The summed E-state index contributed by atoms with van der Waals surface area (Å²) in [5.74, 6) is -0.204. The lowest BCUT2D eigenvalue weighted by molar-refractivity contribution is -0.122. The van der Waals surface area contributed by atoms with Crippen LogP contribution < -0.4 is 4.90 Å². The summed E-state index contributed by atoms with van der Waals surface area (Å²) in [6.07, 6.45) is 5.27. The standard InChI is InChI=1S/C20H21NO2/c1-4-12(3)16-14-8-9-15(16)18-17(14)19(22)21(20(18)23)13-7-5-6-11(2)10-13/h5-10,14-15,17-18H,4H2,1-3H3. The first-order valence-electron chi connectivity index (χ1n) is 8.37. The number of hydrogen-bond acceptors (Lipinski definition) is 2. The lowest BCUT2D eigenvalue weighted by Gasteiger charge is -2.20. The molecule has 4 unspecified atom stereocenters. The van der Waals surface area contributed by atoms with Gasteiger partial charge in [-0.3, -0.25) is 9.59 Å². The average molecular weight is 307 g/mol. The molecule has 1 saturated carbocycles. The van der Waals surface area contributed by atoms with Crippen LogP contribution in [0.4, 0.5) is 5.69 Å². The van der Waals surface area contributed by atoms with Crippen molar-refractivity contribution in [1.82, 2.24) is 0 Å². The highest BCUT2D eigenvalue weighted by Gasteiger charge is 2.61. The Kier molecular flexibility index (Phi) is 3.09. The van der Waals surface area contributed by atoms with Gasteiger partial charge in [-0.1, -0.05) is 42.4 Å². The number of hydrogen-bond donors (Lipinski definition) is 0. The van der Waals surface area contributed by atoms with E-state index < -0.39 is 0 Å². The molecule has 1 aromatic carbocycles. The number of nitrogens with zero attached hydrogens (tertiary/aromatic N) is 1. The van der Waals surface area contributed by atoms with Gasteiger partial charge in [-0.2, -0.15) is 0 Å². The summed E-state index contributed by atoms with van der Waals surface area (Å²) >= 11 is 0. The van der Waals surface area contributed by atoms with Gasteiger partial charge in [0.05, 0.1) is 17.5 Å². The molecule has 2 amide bonds. The first kappa shape index (κ1) is 14.4. The molecule has 23 heavy (non-hydrogen) atoms. The number of anilines is 1. The van der Waals surface area contributed by atoms with Crippen LogP contribution in [-0.2, 0) is 9.59 Å². The lowest BCUT2D eigenvalue weighted by atomic mass is 9.85. The van der Waals surface area contributed by atoms with Crippen molar-refractivity contribution in [2.24, 2.45) is 23.7 Å².